The molecule has 1 atom stereocenters. The van der Waals surface area contributed by atoms with Crippen LogP contribution < -0.4 is 0 Å². The van der Waals surface area contributed by atoms with Crippen LogP contribution in [0.3, 0.4) is 0 Å². The summed E-state index contributed by atoms with van der Waals surface area (Å²) in [7, 11) is 0. The Morgan fingerprint density at radius 2 is 2.11 bits per heavy atom. The summed E-state index contributed by atoms with van der Waals surface area (Å²) in [5.41, 5.74) is 0.359. The highest BCUT2D eigenvalue weighted by Crippen LogP contribution is 2.38. The lowest BCUT2D eigenvalue weighted by atomic mass is 9.74. The molecule has 1 N–H and O–H groups in total. The molecule has 0 saturated heterocycles. The van der Waals surface area contributed by atoms with Gasteiger partial charge in [0.15, 0.2) is 0 Å². The average Bonchev–Trinajstić information content (AvgIpc) is 2.25. The number of hydrogen-bond donors (Lipinski definition) is 1. The normalized spacial score (nSPS) is 12.8. The van der Waals surface area contributed by atoms with Crippen LogP contribution in [0.1, 0.15) is 44.2 Å². The topological polar surface area (TPSA) is 61.1 Å². The van der Waals surface area contributed by atoms with E-state index in [9.17, 15) is 9.18 Å². The molecule has 0 aliphatic rings. The van der Waals surface area contributed by atoms with Gasteiger partial charge in [0.25, 0.3) is 0 Å². The average molecular weight is 249 g/mol. The number of aliphatic carboxylic acids is 1. The van der Waals surface area contributed by atoms with Crippen molar-refractivity contribution in [2.75, 3.05) is 0 Å². The van der Waals surface area contributed by atoms with Crippen LogP contribution in [0.2, 0.25) is 0 Å². The number of benzene rings is 1. The van der Waals surface area contributed by atoms with E-state index in [0.717, 1.165) is 0 Å². The molecule has 0 bridgehead atoms. The Morgan fingerprint density at radius 3 is 2.56 bits per heavy atom. The molecule has 0 spiro atoms. The number of halogens is 1. The first-order valence-electron chi connectivity index (χ1n) is 5.67. The van der Waals surface area contributed by atoms with E-state index < -0.39 is 11.8 Å². The molecule has 18 heavy (non-hydrogen) atoms. The lowest BCUT2D eigenvalue weighted by molar-refractivity contribution is -0.138. The highest BCUT2D eigenvalue weighted by atomic mass is 19.1. The van der Waals surface area contributed by atoms with Gasteiger partial charge < -0.3 is 5.11 Å². The van der Waals surface area contributed by atoms with Gasteiger partial charge in [0, 0.05) is 0 Å². The summed E-state index contributed by atoms with van der Waals surface area (Å²) in [4.78, 5) is 10.9. The molecule has 3 nitrogen and oxygen atoms in total. The van der Waals surface area contributed by atoms with Crippen LogP contribution >= 0.6 is 0 Å². The van der Waals surface area contributed by atoms with E-state index in [1.807, 2.05) is 20.8 Å². The summed E-state index contributed by atoms with van der Waals surface area (Å²) in [6.45, 7) is 5.78. The van der Waals surface area contributed by atoms with E-state index in [-0.39, 0.29) is 23.3 Å². The molecular formula is C14H16FNO2. The quantitative estimate of drug-likeness (QED) is 0.894. The maximum Gasteiger partial charge on any atom is 0.303 e. The Hall–Kier alpha value is -1.89. The molecule has 0 heterocycles. The number of carbonyl (C=O) groups is 1. The largest absolute Gasteiger partial charge is 0.481 e. The Bertz CT molecular complexity index is 497. The fourth-order valence-corrected chi connectivity index (χ4v) is 1.94. The second-order valence-electron chi connectivity index (χ2n) is 5.37. The summed E-state index contributed by atoms with van der Waals surface area (Å²) < 4.78 is 13.3. The van der Waals surface area contributed by atoms with Gasteiger partial charge in [-0.3, -0.25) is 4.79 Å². The fourth-order valence-electron chi connectivity index (χ4n) is 1.94. The highest BCUT2D eigenvalue weighted by molar-refractivity contribution is 5.68. The Morgan fingerprint density at radius 1 is 1.50 bits per heavy atom. The van der Waals surface area contributed by atoms with Crippen molar-refractivity contribution in [1.29, 1.82) is 5.26 Å². The fraction of sp³-hybridized carbons (Fsp3) is 0.429. The maximum absolute atomic E-state index is 13.3. The molecule has 1 rings (SSSR count). The van der Waals surface area contributed by atoms with E-state index >= 15 is 0 Å². The molecule has 0 aliphatic carbocycles. The summed E-state index contributed by atoms with van der Waals surface area (Å²) in [6, 6.07) is 5.98. The lowest BCUT2D eigenvalue weighted by Crippen LogP contribution is -2.21. The third-order valence-corrected chi connectivity index (χ3v) is 2.94. The van der Waals surface area contributed by atoms with Crippen LogP contribution in [0.5, 0.6) is 0 Å². The minimum absolute atomic E-state index is 0.0417. The molecular weight excluding hydrogens is 233 g/mol. The molecule has 0 aromatic heterocycles. The molecule has 96 valence electrons. The molecule has 4 heteroatoms. The number of nitrogens with zero attached hydrogens (tertiary/aromatic N) is 1. The first-order chi connectivity index (χ1) is 8.25. The predicted molar refractivity (Wildman–Crippen MR) is 65.6 cm³/mol. The Balaban J connectivity index is 3.22. The van der Waals surface area contributed by atoms with Crippen molar-refractivity contribution in [2.24, 2.45) is 5.41 Å². The number of rotatable bonds is 3. The van der Waals surface area contributed by atoms with Crippen LogP contribution in [0.25, 0.3) is 0 Å². The first kappa shape index (κ1) is 14.2. The summed E-state index contributed by atoms with van der Waals surface area (Å²) in [6.07, 6.45) is -0.0417. The van der Waals surface area contributed by atoms with Crippen molar-refractivity contribution in [1.82, 2.24) is 0 Å². The number of nitriles is 1. The van der Waals surface area contributed by atoms with Crippen LogP contribution in [0, 0.1) is 22.6 Å². The minimum atomic E-state index is -0.905. The molecule has 0 fully saturated rings. The van der Waals surface area contributed by atoms with Gasteiger partial charge in [-0.1, -0.05) is 26.8 Å². The van der Waals surface area contributed by atoms with Crippen molar-refractivity contribution in [2.45, 2.75) is 33.1 Å². The van der Waals surface area contributed by atoms with Crippen molar-refractivity contribution >= 4 is 5.97 Å². The zero-order valence-electron chi connectivity index (χ0n) is 10.7. The standard InChI is InChI=1S/C14H16FNO2/c1-14(2,3)11(7-13(17)18)9-4-5-12(15)10(6-9)8-16/h4-6,11H,7H2,1-3H3,(H,17,18). The highest BCUT2D eigenvalue weighted by Gasteiger charge is 2.29. The Kier molecular flexibility index (Phi) is 4.07. The van der Waals surface area contributed by atoms with Gasteiger partial charge in [0.1, 0.15) is 11.9 Å². The van der Waals surface area contributed by atoms with Crippen molar-refractivity contribution in [3.63, 3.8) is 0 Å². The van der Waals surface area contributed by atoms with Gasteiger partial charge in [0.05, 0.1) is 12.0 Å². The van der Waals surface area contributed by atoms with E-state index in [1.165, 1.54) is 12.1 Å². The molecule has 0 aliphatic heterocycles. The molecule has 1 aromatic rings. The van der Waals surface area contributed by atoms with Gasteiger partial charge >= 0.3 is 5.97 Å². The van der Waals surface area contributed by atoms with Gasteiger partial charge in [0.2, 0.25) is 0 Å². The van der Waals surface area contributed by atoms with E-state index in [4.69, 9.17) is 10.4 Å². The van der Waals surface area contributed by atoms with Crippen molar-refractivity contribution < 1.29 is 14.3 Å². The zero-order valence-corrected chi connectivity index (χ0v) is 10.7. The first-order valence-corrected chi connectivity index (χ1v) is 5.67. The smallest absolute Gasteiger partial charge is 0.303 e. The number of hydrogen-bond acceptors (Lipinski definition) is 2. The second-order valence-corrected chi connectivity index (χ2v) is 5.37. The maximum atomic E-state index is 13.3. The lowest BCUT2D eigenvalue weighted by Gasteiger charge is -2.30. The van der Waals surface area contributed by atoms with E-state index in [0.29, 0.717) is 5.56 Å². The number of carboxylic acids is 1. The number of carboxylic acid groups (broad SMARTS) is 1. The van der Waals surface area contributed by atoms with Crippen LogP contribution in [-0.2, 0) is 4.79 Å². The van der Waals surface area contributed by atoms with Gasteiger partial charge in [-0.2, -0.15) is 5.26 Å². The molecule has 1 aromatic carbocycles. The molecule has 1 unspecified atom stereocenters. The minimum Gasteiger partial charge on any atom is -0.481 e. The van der Waals surface area contributed by atoms with Crippen LogP contribution in [-0.4, -0.2) is 11.1 Å². The summed E-state index contributed by atoms with van der Waals surface area (Å²) in [5, 5.41) is 17.8. The van der Waals surface area contributed by atoms with Gasteiger partial charge in [-0.05, 0) is 29.0 Å². The van der Waals surface area contributed by atoms with Crippen LogP contribution in [0.4, 0.5) is 4.39 Å². The molecule has 0 radical (unpaired) electrons. The molecule has 0 saturated carbocycles. The molecule has 0 amide bonds. The third-order valence-electron chi connectivity index (χ3n) is 2.94. The van der Waals surface area contributed by atoms with Crippen molar-refractivity contribution in [3.8, 4) is 6.07 Å². The van der Waals surface area contributed by atoms with Crippen molar-refractivity contribution in [3.05, 3.63) is 35.1 Å². The second kappa shape index (κ2) is 5.18. The van der Waals surface area contributed by atoms with Crippen LogP contribution in [0.15, 0.2) is 18.2 Å². The summed E-state index contributed by atoms with van der Waals surface area (Å²) >= 11 is 0. The van der Waals surface area contributed by atoms with E-state index in [2.05, 4.69) is 0 Å². The third kappa shape index (κ3) is 3.30. The predicted octanol–water partition coefficient (Wildman–Crippen LogP) is 3.30. The van der Waals surface area contributed by atoms with Gasteiger partial charge in [-0.15, -0.1) is 0 Å². The van der Waals surface area contributed by atoms with E-state index in [1.54, 1.807) is 12.1 Å². The SMILES string of the molecule is CC(C)(C)C(CC(=O)O)c1ccc(F)c(C#N)c1. The zero-order chi connectivity index (χ0) is 13.9. The Labute approximate surface area is 106 Å². The van der Waals surface area contributed by atoms with Gasteiger partial charge in [-0.25, -0.2) is 4.39 Å². The monoisotopic (exact) mass is 249 g/mol. The summed E-state index contributed by atoms with van der Waals surface area (Å²) in [5.74, 6) is -1.75.